The highest BCUT2D eigenvalue weighted by atomic mass is 19.1. The van der Waals surface area contributed by atoms with Gasteiger partial charge in [0.15, 0.2) is 11.8 Å². The van der Waals surface area contributed by atoms with Gasteiger partial charge in [-0.15, -0.1) is 0 Å². The van der Waals surface area contributed by atoms with Gasteiger partial charge in [-0.1, -0.05) is 0 Å². The van der Waals surface area contributed by atoms with E-state index in [0.29, 0.717) is 18.8 Å². The summed E-state index contributed by atoms with van der Waals surface area (Å²) in [7, 11) is 0. The number of carbonyl (C=O) groups excluding carboxylic acids is 2. The first-order valence-corrected chi connectivity index (χ1v) is 7.84. The van der Waals surface area contributed by atoms with Gasteiger partial charge in [-0.05, 0) is 44.0 Å². The number of likely N-dealkylation sites (tertiary alicyclic amines) is 1. The number of imidazole rings is 1. The molecule has 3 rings (SSSR count). The molecule has 1 fully saturated rings. The zero-order chi connectivity index (χ0) is 17.1. The molecule has 0 spiro atoms. The van der Waals surface area contributed by atoms with E-state index in [2.05, 4.69) is 4.98 Å². The summed E-state index contributed by atoms with van der Waals surface area (Å²) in [6.07, 6.45) is 3.90. The fourth-order valence-electron chi connectivity index (χ4n) is 2.72. The second-order valence-corrected chi connectivity index (χ2v) is 5.71. The molecule has 1 aliphatic heterocycles. The average molecular weight is 331 g/mol. The zero-order valence-electron chi connectivity index (χ0n) is 13.3. The minimum atomic E-state index is -0.854. The number of aromatic nitrogens is 2. The van der Waals surface area contributed by atoms with Gasteiger partial charge in [-0.2, -0.15) is 0 Å². The normalized spacial score (nSPS) is 15.3. The molecule has 0 bridgehead atoms. The van der Waals surface area contributed by atoms with Crippen LogP contribution in [0.4, 0.5) is 4.39 Å². The second-order valence-electron chi connectivity index (χ2n) is 5.71. The van der Waals surface area contributed by atoms with Crippen LogP contribution in [0.1, 0.15) is 30.3 Å². The molecule has 1 atom stereocenters. The molecule has 1 aromatic carbocycles. The zero-order valence-corrected chi connectivity index (χ0v) is 13.3. The number of hydrogen-bond donors (Lipinski definition) is 0. The van der Waals surface area contributed by atoms with Crippen molar-refractivity contribution in [3.05, 3.63) is 48.3 Å². The molecule has 2 aromatic rings. The van der Waals surface area contributed by atoms with Gasteiger partial charge in [0.1, 0.15) is 5.82 Å². The smallest absolute Gasteiger partial charge is 0.357 e. The van der Waals surface area contributed by atoms with Crippen LogP contribution in [-0.2, 0) is 9.53 Å². The van der Waals surface area contributed by atoms with Crippen LogP contribution in [0.3, 0.4) is 0 Å². The summed E-state index contributed by atoms with van der Waals surface area (Å²) in [6, 6.07) is 5.66. The Bertz CT molecular complexity index is 736. The highest BCUT2D eigenvalue weighted by molar-refractivity contribution is 5.91. The van der Waals surface area contributed by atoms with Crippen LogP contribution < -0.4 is 0 Å². The molecule has 6 nitrogen and oxygen atoms in total. The van der Waals surface area contributed by atoms with Crippen molar-refractivity contribution in [3.63, 3.8) is 0 Å². The number of nitrogens with zero attached hydrogens (tertiary/aromatic N) is 3. The van der Waals surface area contributed by atoms with Gasteiger partial charge >= 0.3 is 5.97 Å². The van der Waals surface area contributed by atoms with E-state index in [0.717, 1.165) is 12.8 Å². The SMILES string of the molecule is CC(OC(=O)c1cncn1-c1ccc(F)cc1)C(=O)N1CCCC1. The minimum absolute atomic E-state index is 0.183. The van der Waals surface area contributed by atoms with E-state index in [9.17, 15) is 14.0 Å². The van der Waals surface area contributed by atoms with Gasteiger partial charge in [-0.3, -0.25) is 9.36 Å². The van der Waals surface area contributed by atoms with Crippen molar-refractivity contribution in [2.24, 2.45) is 0 Å². The van der Waals surface area contributed by atoms with Crippen molar-refractivity contribution < 1.29 is 18.7 Å². The molecule has 1 aromatic heterocycles. The van der Waals surface area contributed by atoms with Crippen LogP contribution in [0.5, 0.6) is 0 Å². The van der Waals surface area contributed by atoms with Gasteiger partial charge in [0.25, 0.3) is 5.91 Å². The highest BCUT2D eigenvalue weighted by Gasteiger charge is 2.27. The summed E-state index contributed by atoms with van der Waals surface area (Å²) >= 11 is 0. The molecule has 0 N–H and O–H groups in total. The van der Waals surface area contributed by atoms with E-state index in [1.54, 1.807) is 11.8 Å². The molecule has 0 radical (unpaired) electrons. The van der Waals surface area contributed by atoms with Crippen molar-refractivity contribution in [1.82, 2.24) is 14.5 Å². The van der Waals surface area contributed by atoms with Crippen LogP contribution >= 0.6 is 0 Å². The number of halogens is 1. The molecule has 0 aliphatic carbocycles. The van der Waals surface area contributed by atoms with E-state index < -0.39 is 12.1 Å². The lowest BCUT2D eigenvalue weighted by Crippen LogP contribution is -2.38. The summed E-state index contributed by atoms with van der Waals surface area (Å²) in [5, 5.41) is 0. The molecular formula is C17H18FN3O3. The van der Waals surface area contributed by atoms with Crippen molar-refractivity contribution in [2.45, 2.75) is 25.9 Å². The number of carbonyl (C=O) groups is 2. The first-order chi connectivity index (χ1) is 11.6. The maximum absolute atomic E-state index is 13.0. The van der Waals surface area contributed by atoms with Gasteiger partial charge in [0, 0.05) is 18.8 Å². The quantitative estimate of drug-likeness (QED) is 0.806. The number of hydrogen-bond acceptors (Lipinski definition) is 4. The molecule has 1 amide bonds. The van der Waals surface area contributed by atoms with Crippen molar-refractivity contribution in [1.29, 1.82) is 0 Å². The van der Waals surface area contributed by atoms with Gasteiger partial charge < -0.3 is 9.64 Å². The number of ether oxygens (including phenoxy) is 1. The van der Waals surface area contributed by atoms with Crippen LogP contribution in [-0.4, -0.2) is 45.5 Å². The maximum atomic E-state index is 13.0. The average Bonchev–Trinajstić information content (AvgIpc) is 3.26. The van der Waals surface area contributed by atoms with Crippen LogP contribution in [0.25, 0.3) is 5.69 Å². The Hall–Kier alpha value is -2.70. The summed E-state index contributed by atoms with van der Waals surface area (Å²) in [6.45, 7) is 2.97. The first-order valence-electron chi connectivity index (χ1n) is 7.84. The standard InChI is InChI=1S/C17H18FN3O3/c1-12(16(22)20-8-2-3-9-20)24-17(23)15-10-19-11-21(15)14-6-4-13(18)5-7-14/h4-7,10-12H,2-3,8-9H2,1H3. The molecule has 1 unspecified atom stereocenters. The fraction of sp³-hybridized carbons (Fsp3) is 0.353. The van der Waals surface area contributed by atoms with E-state index >= 15 is 0 Å². The summed E-state index contributed by atoms with van der Waals surface area (Å²) in [5.41, 5.74) is 0.766. The Labute approximate surface area is 138 Å². The van der Waals surface area contributed by atoms with Gasteiger partial charge in [0.2, 0.25) is 0 Å². The Morgan fingerprint density at radius 2 is 1.88 bits per heavy atom. The molecule has 1 aliphatic rings. The number of esters is 1. The molecule has 126 valence electrons. The maximum Gasteiger partial charge on any atom is 0.357 e. The van der Waals surface area contributed by atoms with Crippen molar-refractivity contribution in [3.8, 4) is 5.69 Å². The molecule has 2 heterocycles. The van der Waals surface area contributed by atoms with Crippen LogP contribution in [0.15, 0.2) is 36.8 Å². The van der Waals surface area contributed by atoms with Crippen LogP contribution in [0, 0.1) is 5.82 Å². The lowest BCUT2D eigenvalue weighted by atomic mass is 10.3. The molecule has 0 saturated carbocycles. The summed E-state index contributed by atoms with van der Waals surface area (Å²) in [4.78, 5) is 30.2. The predicted octanol–water partition coefficient (Wildman–Crippen LogP) is 2.18. The van der Waals surface area contributed by atoms with E-state index in [1.807, 2.05) is 0 Å². The lowest BCUT2D eigenvalue weighted by Gasteiger charge is -2.20. The van der Waals surface area contributed by atoms with Gasteiger partial charge in [-0.25, -0.2) is 14.2 Å². The summed E-state index contributed by atoms with van der Waals surface area (Å²) in [5.74, 6) is -1.20. The molecule has 24 heavy (non-hydrogen) atoms. The van der Waals surface area contributed by atoms with E-state index in [1.165, 1.54) is 41.4 Å². The Kier molecular flexibility index (Phi) is 4.59. The first kappa shape index (κ1) is 16.2. The number of amides is 1. The van der Waals surface area contributed by atoms with Crippen LogP contribution in [0.2, 0.25) is 0 Å². The fourth-order valence-corrected chi connectivity index (χ4v) is 2.72. The number of benzene rings is 1. The monoisotopic (exact) mass is 331 g/mol. The minimum Gasteiger partial charge on any atom is -0.448 e. The van der Waals surface area contributed by atoms with E-state index in [-0.39, 0.29) is 17.4 Å². The largest absolute Gasteiger partial charge is 0.448 e. The highest BCUT2D eigenvalue weighted by Crippen LogP contribution is 2.15. The molecule has 7 heteroatoms. The third-order valence-electron chi connectivity index (χ3n) is 4.00. The Morgan fingerprint density at radius 3 is 2.54 bits per heavy atom. The second kappa shape index (κ2) is 6.82. The Balaban J connectivity index is 1.72. The lowest BCUT2D eigenvalue weighted by molar-refractivity contribution is -0.138. The molecular weight excluding hydrogens is 313 g/mol. The predicted molar refractivity (Wildman–Crippen MR) is 84.2 cm³/mol. The van der Waals surface area contributed by atoms with E-state index in [4.69, 9.17) is 4.74 Å². The third kappa shape index (κ3) is 3.29. The van der Waals surface area contributed by atoms with Crippen molar-refractivity contribution in [2.75, 3.05) is 13.1 Å². The molecule has 1 saturated heterocycles. The summed E-state index contributed by atoms with van der Waals surface area (Å²) < 4.78 is 19.8. The Morgan fingerprint density at radius 1 is 1.21 bits per heavy atom. The van der Waals surface area contributed by atoms with Crippen molar-refractivity contribution >= 4 is 11.9 Å². The number of rotatable bonds is 4. The van der Waals surface area contributed by atoms with Gasteiger partial charge in [0.05, 0.1) is 12.5 Å². The topological polar surface area (TPSA) is 64.4 Å². The third-order valence-corrected chi connectivity index (χ3v) is 4.00.